The molecular formula is C18H18N4O4S3. The fourth-order valence-corrected chi connectivity index (χ4v) is 5.21. The zero-order chi connectivity index (χ0) is 20.8. The molecule has 8 nitrogen and oxygen atoms in total. The van der Waals surface area contributed by atoms with E-state index in [0.717, 1.165) is 22.0 Å². The van der Waals surface area contributed by atoms with Gasteiger partial charge in [0.05, 0.1) is 15.9 Å². The lowest BCUT2D eigenvalue weighted by Crippen LogP contribution is -2.30. The van der Waals surface area contributed by atoms with E-state index in [1.165, 1.54) is 27.7 Å². The maximum absolute atomic E-state index is 13.1. The van der Waals surface area contributed by atoms with E-state index in [2.05, 4.69) is 9.97 Å². The molecule has 1 aliphatic rings. The molecule has 2 aromatic heterocycles. The number of aromatic nitrogens is 2. The maximum atomic E-state index is 13.1. The molecule has 11 heteroatoms. The molecule has 0 aliphatic carbocycles. The van der Waals surface area contributed by atoms with E-state index < -0.39 is 23.8 Å². The molecule has 1 saturated heterocycles. The summed E-state index contributed by atoms with van der Waals surface area (Å²) in [5.41, 5.74) is 6.35. The van der Waals surface area contributed by atoms with Crippen molar-refractivity contribution in [1.82, 2.24) is 15.0 Å². The molecule has 0 amide bonds. The lowest BCUT2D eigenvalue weighted by atomic mass is 10.2. The summed E-state index contributed by atoms with van der Waals surface area (Å²) >= 11 is 3.64. The number of hydrogen-bond acceptors (Lipinski definition) is 11. The number of nitrogens with zero attached hydrogens (tertiary/aromatic N) is 3. The van der Waals surface area contributed by atoms with Crippen LogP contribution in [0.3, 0.4) is 0 Å². The molecule has 4 rings (SSSR count). The first-order chi connectivity index (χ1) is 13.7. The first-order valence-electron chi connectivity index (χ1n) is 8.67. The molecular weight excluding hydrogens is 432 g/mol. The lowest BCUT2D eigenvalue weighted by molar-refractivity contribution is -0.156. The van der Waals surface area contributed by atoms with Gasteiger partial charge in [-0.15, -0.1) is 27.7 Å². The van der Waals surface area contributed by atoms with Crippen LogP contribution in [0.5, 0.6) is 0 Å². The minimum absolute atomic E-state index is 0.264. The van der Waals surface area contributed by atoms with Gasteiger partial charge in [0.25, 0.3) is 6.23 Å². The highest BCUT2D eigenvalue weighted by molar-refractivity contribution is 8.15. The van der Waals surface area contributed by atoms with Gasteiger partial charge < -0.3 is 10.5 Å². The number of benzene rings is 1. The summed E-state index contributed by atoms with van der Waals surface area (Å²) in [7, 11) is 0. The van der Waals surface area contributed by atoms with Gasteiger partial charge in [0.15, 0.2) is 15.5 Å². The number of hydroxylamine groups is 2. The quantitative estimate of drug-likeness (QED) is 0.354. The van der Waals surface area contributed by atoms with Crippen LogP contribution in [0.2, 0.25) is 0 Å². The summed E-state index contributed by atoms with van der Waals surface area (Å²) in [6.07, 6.45) is -0.956. The summed E-state index contributed by atoms with van der Waals surface area (Å²) in [6, 6.07) is 6.77. The van der Waals surface area contributed by atoms with Crippen molar-refractivity contribution in [3.05, 3.63) is 35.3 Å². The third-order valence-corrected chi connectivity index (χ3v) is 6.49. The Balaban J connectivity index is 1.55. The van der Waals surface area contributed by atoms with Crippen molar-refractivity contribution in [2.24, 2.45) is 0 Å². The Morgan fingerprint density at radius 1 is 1.31 bits per heavy atom. The number of hydrogen-bond donors (Lipinski definition) is 1. The van der Waals surface area contributed by atoms with Crippen LogP contribution in [-0.2, 0) is 19.2 Å². The van der Waals surface area contributed by atoms with Gasteiger partial charge in [-0.05, 0) is 44.7 Å². The molecule has 0 radical (unpaired) electrons. The molecule has 1 aromatic carbocycles. The fraction of sp³-hybridized carbons (Fsp3) is 0.333. The third-order valence-electron chi connectivity index (χ3n) is 3.78. The van der Waals surface area contributed by atoms with Gasteiger partial charge in [-0.3, -0.25) is 9.63 Å². The Hall–Kier alpha value is -2.05. The number of esters is 1. The summed E-state index contributed by atoms with van der Waals surface area (Å²) in [5.74, 6) is -0.552. The number of rotatable bonds is 5. The maximum Gasteiger partial charge on any atom is 0.355 e. The van der Waals surface area contributed by atoms with Gasteiger partial charge in [0, 0.05) is 5.38 Å². The molecule has 1 fully saturated rings. The van der Waals surface area contributed by atoms with E-state index in [1.54, 1.807) is 26.2 Å². The van der Waals surface area contributed by atoms with Gasteiger partial charge in [-0.25, -0.2) is 14.8 Å². The zero-order valence-corrected chi connectivity index (χ0v) is 18.3. The topological polar surface area (TPSA) is 111 Å². The number of carbonyl (C=O) groups excluding carboxylic acids is 2. The largest absolute Gasteiger partial charge is 0.457 e. The van der Waals surface area contributed by atoms with Crippen molar-refractivity contribution in [2.45, 2.75) is 43.0 Å². The van der Waals surface area contributed by atoms with Crippen molar-refractivity contribution in [3.8, 4) is 0 Å². The number of ether oxygens (including phenoxy) is 1. The number of nitrogen functional groups attached to an aromatic ring is 1. The summed E-state index contributed by atoms with van der Waals surface area (Å²) in [4.78, 5) is 39.5. The van der Waals surface area contributed by atoms with Crippen LogP contribution in [-0.4, -0.2) is 37.9 Å². The number of para-hydroxylation sites is 1. The second-order valence-corrected chi connectivity index (χ2v) is 10.4. The van der Waals surface area contributed by atoms with E-state index in [1.807, 2.05) is 24.3 Å². The molecule has 3 unspecified atom stereocenters. The standard InChI is InChI=1S/C18H18N4O4S3/c1-18(2,3)25-14(23)13-22(26-13)12(10-8-27-16(19)20-10)15(24)29-17-21-9-6-4-5-7-11(9)28-17/h4-8,12-13H,1-3H3,(H2,19,20). The molecule has 0 saturated carbocycles. The second-order valence-electron chi connectivity index (χ2n) is 7.23. The van der Waals surface area contributed by atoms with Gasteiger partial charge in [-0.1, -0.05) is 12.1 Å². The average Bonchev–Trinajstić information content (AvgIpc) is 3.11. The highest BCUT2D eigenvalue weighted by atomic mass is 32.2. The van der Waals surface area contributed by atoms with E-state index in [0.29, 0.717) is 15.2 Å². The number of carbonyl (C=O) groups is 2. The van der Waals surface area contributed by atoms with Crippen LogP contribution in [0.1, 0.15) is 32.5 Å². The highest BCUT2D eigenvalue weighted by Gasteiger charge is 2.53. The van der Waals surface area contributed by atoms with E-state index in [9.17, 15) is 9.59 Å². The Bertz CT molecular complexity index is 1040. The van der Waals surface area contributed by atoms with Crippen LogP contribution in [0, 0.1) is 0 Å². The number of thioether (sulfide) groups is 1. The molecule has 0 spiro atoms. The van der Waals surface area contributed by atoms with Crippen LogP contribution in [0.4, 0.5) is 5.13 Å². The Labute approximate surface area is 179 Å². The lowest BCUT2D eigenvalue weighted by Gasteiger charge is -2.18. The van der Waals surface area contributed by atoms with Gasteiger partial charge >= 0.3 is 5.97 Å². The molecule has 3 heterocycles. The summed E-state index contributed by atoms with van der Waals surface area (Å²) < 4.78 is 6.95. The molecule has 3 atom stereocenters. The normalized spacial score (nSPS) is 19.8. The Morgan fingerprint density at radius 3 is 2.72 bits per heavy atom. The van der Waals surface area contributed by atoms with Crippen molar-refractivity contribution in [3.63, 3.8) is 0 Å². The smallest absolute Gasteiger partial charge is 0.355 e. The molecule has 1 aliphatic heterocycles. The number of thiazole rings is 2. The van der Waals surface area contributed by atoms with Crippen LogP contribution in [0.25, 0.3) is 10.2 Å². The van der Waals surface area contributed by atoms with E-state index in [4.69, 9.17) is 15.3 Å². The second kappa shape index (κ2) is 7.65. The minimum Gasteiger partial charge on any atom is -0.457 e. The number of nitrogens with two attached hydrogens (primary N) is 1. The predicted molar refractivity (Wildman–Crippen MR) is 112 cm³/mol. The van der Waals surface area contributed by atoms with Gasteiger partial charge in [-0.2, -0.15) is 0 Å². The molecule has 0 bridgehead atoms. The van der Waals surface area contributed by atoms with Crippen LogP contribution in [0.15, 0.2) is 34.0 Å². The first-order valence-corrected chi connectivity index (χ1v) is 11.2. The van der Waals surface area contributed by atoms with Crippen molar-refractivity contribution in [2.75, 3.05) is 5.73 Å². The van der Waals surface area contributed by atoms with Gasteiger partial charge in [0.1, 0.15) is 5.60 Å². The summed E-state index contributed by atoms with van der Waals surface area (Å²) in [6.45, 7) is 5.30. The van der Waals surface area contributed by atoms with Gasteiger partial charge in [0.2, 0.25) is 5.12 Å². The molecule has 2 N–H and O–H groups in total. The average molecular weight is 451 g/mol. The summed E-state index contributed by atoms with van der Waals surface area (Å²) in [5, 5.41) is 3.05. The first kappa shape index (κ1) is 20.2. The van der Waals surface area contributed by atoms with E-state index >= 15 is 0 Å². The number of fused-ring (bicyclic) bond motifs is 1. The van der Waals surface area contributed by atoms with Crippen molar-refractivity contribution < 1.29 is 19.2 Å². The number of anilines is 1. The van der Waals surface area contributed by atoms with Crippen molar-refractivity contribution >= 4 is 60.9 Å². The van der Waals surface area contributed by atoms with E-state index in [-0.39, 0.29) is 5.12 Å². The monoisotopic (exact) mass is 450 g/mol. The van der Waals surface area contributed by atoms with Crippen LogP contribution >= 0.6 is 34.4 Å². The van der Waals surface area contributed by atoms with Crippen LogP contribution < -0.4 is 5.73 Å². The predicted octanol–water partition coefficient (Wildman–Crippen LogP) is 3.61. The Morgan fingerprint density at radius 2 is 2.07 bits per heavy atom. The molecule has 29 heavy (non-hydrogen) atoms. The molecule has 152 valence electrons. The van der Waals surface area contributed by atoms with Crippen molar-refractivity contribution in [1.29, 1.82) is 0 Å². The third kappa shape index (κ3) is 4.59. The zero-order valence-electron chi connectivity index (χ0n) is 15.8. The SMILES string of the molecule is CC(C)(C)OC(=O)C1ON1C(C(=O)Sc1nc2ccccc2s1)c1csc(N)n1. The Kier molecular flexibility index (Phi) is 5.34. The minimum atomic E-state index is -0.956. The molecule has 3 aromatic rings. The highest BCUT2D eigenvalue weighted by Crippen LogP contribution is 2.41. The fourth-order valence-electron chi connectivity index (χ4n) is 2.60.